The topological polar surface area (TPSA) is 87.0 Å². The Morgan fingerprint density at radius 2 is 1.14 bits per heavy atom. The molecule has 0 saturated heterocycles. The zero-order valence-corrected chi connectivity index (χ0v) is 23.5. The van der Waals surface area contributed by atoms with E-state index in [0.29, 0.717) is 11.3 Å². The quantitative estimate of drug-likeness (QED) is 0.295. The van der Waals surface area contributed by atoms with Gasteiger partial charge in [0.1, 0.15) is 17.2 Å². The standard InChI is InChI=1S/C30H39O5P/c1-28(2,3)25-17-20(18-26(27(25)32)29(4,5)6)19-36(33,34)35-24-15-11-22(12-16-24)30(7,8)21-9-13-23(31)14-10-21/h9-18,31-32H,19H2,1-8H3,(H,33,34). The predicted molar refractivity (Wildman–Crippen MR) is 146 cm³/mol. The van der Waals surface area contributed by atoms with Gasteiger partial charge < -0.3 is 19.6 Å². The number of aromatic hydroxyl groups is 2. The summed E-state index contributed by atoms with van der Waals surface area (Å²) in [5, 5.41) is 20.5. The molecule has 0 radical (unpaired) electrons. The monoisotopic (exact) mass is 510 g/mol. The molecular formula is C30H39O5P. The minimum absolute atomic E-state index is 0.166. The van der Waals surface area contributed by atoms with Crippen molar-refractivity contribution in [1.82, 2.24) is 0 Å². The van der Waals surface area contributed by atoms with Crippen LogP contribution in [-0.4, -0.2) is 15.1 Å². The smallest absolute Gasteiger partial charge is 0.380 e. The number of hydrogen-bond acceptors (Lipinski definition) is 4. The number of benzene rings is 3. The molecule has 36 heavy (non-hydrogen) atoms. The van der Waals surface area contributed by atoms with Gasteiger partial charge in [0.15, 0.2) is 0 Å². The van der Waals surface area contributed by atoms with E-state index < -0.39 is 7.60 Å². The van der Waals surface area contributed by atoms with Crippen LogP contribution in [0.4, 0.5) is 0 Å². The van der Waals surface area contributed by atoms with Gasteiger partial charge in [-0.25, -0.2) is 4.57 Å². The molecule has 0 fully saturated rings. The first kappa shape index (κ1) is 27.8. The average molecular weight is 511 g/mol. The molecule has 0 amide bonds. The fourth-order valence-electron chi connectivity index (χ4n) is 4.33. The van der Waals surface area contributed by atoms with Crippen LogP contribution in [0.5, 0.6) is 17.2 Å². The van der Waals surface area contributed by atoms with Crippen LogP contribution in [0.1, 0.15) is 83.2 Å². The molecule has 0 aliphatic carbocycles. The summed E-state index contributed by atoms with van der Waals surface area (Å²) < 4.78 is 18.7. The van der Waals surface area contributed by atoms with Gasteiger partial charge in [0.05, 0.1) is 6.16 Å². The van der Waals surface area contributed by atoms with Crippen molar-refractivity contribution in [2.75, 3.05) is 0 Å². The molecule has 0 bridgehead atoms. The Balaban J connectivity index is 1.85. The van der Waals surface area contributed by atoms with Crippen molar-refractivity contribution in [2.45, 2.75) is 77.8 Å². The Hall–Kier alpha value is -2.75. The van der Waals surface area contributed by atoms with E-state index in [1.54, 1.807) is 36.4 Å². The van der Waals surface area contributed by atoms with E-state index in [1.807, 2.05) is 65.8 Å². The number of rotatable bonds is 6. The minimum atomic E-state index is -4.02. The summed E-state index contributed by atoms with van der Waals surface area (Å²) >= 11 is 0. The first-order chi connectivity index (χ1) is 16.4. The summed E-state index contributed by atoms with van der Waals surface area (Å²) in [4.78, 5) is 10.8. The summed E-state index contributed by atoms with van der Waals surface area (Å²) in [6, 6.07) is 17.9. The predicted octanol–water partition coefficient (Wildman–Crippen LogP) is 7.78. The maximum absolute atomic E-state index is 13.1. The van der Waals surface area contributed by atoms with E-state index in [1.165, 1.54) is 0 Å². The maximum Gasteiger partial charge on any atom is 0.380 e. The van der Waals surface area contributed by atoms with E-state index in [2.05, 4.69) is 13.8 Å². The van der Waals surface area contributed by atoms with E-state index in [0.717, 1.165) is 22.3 Å². The van der Waals surface area contributed by atoms with Crippen molar-refractivity contribution in [1.29, 1.82) is 0 Å². The molecule has 3 N–H and O–H groups in total. The van der Waals surface area contributed by atoms with Crippen LogP contribution in [0, 0.1) is 0 Å². The molecule has 194 valence electrons. The van der Waals surface area contributed by atoms with Gasteiger partial charge in [-0.2, -0.15) is 0 Å². The van der Waals surface area contributed by atoms with Crippen molar-refractivity contribution in [3.8, 4) is 17.2 Å². The second-order valence-electron chi connectivity index (χ2n) is 12.1. The van der Waals surface area contributed by atoms with Gasteiger partial charge in [-0.1, -0.05) is 91.8 Å². The van der Waals surface area contributed by atoms with Gasteiger partial charge in [-0.3, -0.25) is 0 Å². The van der Waals surface area contributed by atoms with Crippen molar-refractivity contribution in [3.05, 3.63) is 88.5 Å². The lowest BCUT2D eigenvalue weighted by atomic mass is 9.78. The first-order valence-corrected chi connectivity index (χ1v) is 13.9. The van der Waals surface area contributed by atoms with Crippen molar-refractivity contribution in [3.63, 3.8) is 0 Å². The van der Waals surface area contributed by atoms with E-state index in [9.17, 15) is 19.7 Å². The molecule has 0 heterocycles. The molecule has 0 spiro atoms. The third-order valence-electron chi connectivity index (χ3n) is 6.58. The highest BCUT2D eigenvalue weighted by atomic mass is 31.2. The zero-order chi connectivity index (χ0) is 27.1. The van der Waals surface area contributed by atoms with Crippen molar-refractivity contribution in [2.24, 2.45) is 0 Å². The summed E-state index contributed by atoms with van der Waals surface area (Å²) in [5.41, 5.74) is 3.19. The molecule has 3 aromatic rings. The lowest BCUT2D eigenvalue weighted by molar-refractivity contribution is 0.377. The highest BCUT2D eigenvalue weighted by molar-refractivity contribution is 7.52. The van der Waals surface area contributed by atoms with Crippen LogP contribution >= 0.6 is 7.60 Å². The van der Waals surface area contributed by atoms with Crippen molar-refractivity contribution < 1.29 is 24.2 Å². The Morgan fingerprint density at radius 1 is 0.722 bits per heavy atom. The summed E-state index contributed by atoms with van der Waals surface area (Å²) in [5.74, 6) is 0.770. The molecule has 6 heteroatoms. The second-order valence-corrected chi connectivity index (χ2v) is 13.9. The third kappa shape index (κ3) is 6.32. The second kappa shape index (κ2) is 9.61. The molecular weight excluding hydrogens is 471 g/mol. The summed E-state index contributed by atoms with van der Waals surface area (Å²) in [7, 11) is -4.02. The van der Waals surface area contributed by atoms with Crippen molar-refractivity contribution >= 4 is 7.60 Å². The van der Waals surface area contributed by atoms with Gasteiger partial charge in [0, 0.05) is 5.41 Å². The number of phenols is 2. The van der Waals surface area contributed by atoms with E-state index >= 15 is 0 Å². The molecule has 0 aliphatic rings. The molecule has 0 saturated carbocycles. The van der Waals surface area contributed by atoms with Gasteiger partial charge >= 0.3 is 7.60 Å². The van der Waals surface area contributed by atoms with Gasteiger partial charge in [0.25, 0.3) is 0 Å². The molecule has 0 aromatic heterocycles. The Kier molecular flexibility index (Phi) is 7.43. The van der Waals surface area contributed by atoms with Crippen LogP contribution in [0.2, 0.25) is 0 Å². The Bertz CT molecular complexity index is 1230. The first-order valence-electron chi connectivity index (χ1n) is 12.2. The van der Waals surface area contributed by atoms with E-state index in [4.69, 9.17) is 4.52 Å². The molecule has 1 unspecified atom stereocenters. The van der Waals surface area contributed by atoms with Crippen LogP contribution in [0.15, 0.2) is 60.7 Å². The summed E-state index contributed by atoms with van der Waals surface area (Å²) in [6.45, 7) is 16.2. The molecule has 3 rings (SSSR count). The number of hydrogen-bond donors (Lipinski definition) is 3. The zero-order valence-electron chi connectivity index (χ0n) is 22.6. The minimum Gasteiger partial charge on any atom is -0.508 e. The fraction of sp³-hybridized carbons (Fsp3) is 0.400. The van der Waals surface area contributed by atoms with Crippen LogP contribution < -0.4 is 4.52 Å². The SMILES string of the molecule is CC(C)(C)c1cc(CP(=O)(O)Oc2ccc(C(C)(C)c3ccc(O)cc3)cc2)cc(C(C)(C)C)c1O. The van der Waals surface area contributed by atoms with E-state index in [-0.39, 0.29) is 33.9 Å². The van der Waals surface area contributed by atoms with Gasteiger partial charge in [0.2, 0.25) is 0 Å². The third-order valence-corrected chi connectivity index (χ3v) is 7.84. The van der Waals surface area contributed by atoms with Crippen LogP contribution in [0.25, 0.3) is 0 Å². The largest absolute Gasteiger partial charge is 0.508 e. The molecule has 3 aromatic carbocycles. The lowest BCUT2D eigenvalue weighted by Crippen LogP contribution is -2.18. The lowest BCUT2D eigenvalue weighted by Gasteiger charge is -2.28. The highest BCUT2D eigenvalue weighted by Gasteiger charge is 2.30. The van der Waals surface area contributed by atoms with Crippen LogP contribution in [0.3, 0.4) is 0 Å². The van der Waals surface area contributed by atoms with Gasteiger partial charge in [-0.15, -0.1) is 0 Å². The number of phenolic OH excluding ortho intramolecular Hbond substituents is 2. The van der Waals surface area contributed by atoms with Gasteiger partial charge in [-0.05, 0) is 62.9 Å². The molecule has 1 atom stereocenters. The van der Waals surface area contributed by atoms with Crippen LogP contribution in [-0.2, 0) is 27.0 Å². The average Bonchev–Trinajstić information content (AvgIpc) is 2.73. The normalized spacial score (nSPS) is 14.4. The maximum atomic E-state index is 13.1. The molecule has 5 nitrogen and oxygen atoms in total. The highest BCUT2D eigenvalue weighted by Crippen LogP contribution is 2.48. The molecule has 0 aliphatic heterocycles. The summed E-state index contributed by atoms with van der Waals surface area (Å²) in [6.07, 6.45) is -0.166. The fourth-order valence-corrected chi connectivity index (χ4v) is 5.49. The Labute approximate surface area is 215 Å². The Morgan fingerprint density at radius 3 is 1.56 bits per heavy atom.